The summed E-state index contributed by atoms with van der Waals surface area (Å²) in [6.45, 7) is 3.55. The molecule has 0 aliphatic heterocycles. The average Bonchev–Trinajstić information content (AvgIpc) is 3.26. The molecular weight excluding hydrogens is 360 g/mol. The van der Waals surface area contributed by atoms with E-state index in [1.807, 2.05) is 0 Å². The topological polar surface area (TPSA) is 118 Å². The summed E-state index contributed by atoms with van der Waals surface area (Å²) in [5.41, 5.74) is 3.56. The number of anilines is 1. The molecule has 0 unspecified atom stereocenters. The Bertz CT molecular complexity index is 920. The molecule has 0 spiro atoms. The second-order valence-corrected chi connectivity index (χ2v) is 5.86. The van der Waals surface area contributed by atoms with Crippen LogP contribution in [-0.2, 0) is 4.74 Å². The molecule has 2 aromatic heterocycles. The fourth-order valence-electron chi connectivity index (χ4n) is 2.05. The number of hydrazone groups is 1. The van der Waals surface area contributed by atoms with Crippen LogP contribution in [0.15, 0.2) is 39.9 Å². The number of rotatable bonds is 6. The monoisotopic (exact) mass is 374 g/mol. The van der Waals surface area contributed by atoms with Crippen LogP contribution in [0.3, 0.4) is 0 Å². The minimum atomic E-state index is -0.482. The summed E-state index contributed by atoms with van der Waals surface area (Å²) in [5.74, 6) is 0.807. The van der Waals surface area contributed by atoms with Crippen LogP contribution in [-0.4, -0.2) is 38.9 Å². The van der Waals surface area contributed by atoms with Gasteiger partial charge in [0.25, 0.3) is 5.95 Å². The average molecular weight is 375 g/mol. The van der Waals surface area contributed by atoms with Gasteiger partial charge < -0.3 is 9.15 Å². The van der Waals surface area contributed by atoms with Gasteiger partial charge in [0, 0.05) is 5.56 Å². The standard InChI is InChI=1S/C16H15ClN6O3/c1-9(2)25-15(24)12-7-10(3-5-13(12)17)14-6-4-11(26-14)8-18-19-16-20-22-23-21-16/h3-9H,1-2H3,(H2,19,20,21,22,23)/b18-8-. The van der Waals surface area contributed by atoms with Gasteiger partial charge in [-0.1, -0.05) is 16.7 Å². The lowest BCUT2D eigenvalue weighted by atomic mass is 10.1. The Hall–Kier alpha value is -3.20. The number of halogens is 1. The number of aromatic amines is 1. The van der Waals surface area contributed by atoms with Gasteiger partial charge in [-0.05, 0) is 49.4 Å². The summed E-state index contributed by atoms with van der Waals surface area (Å²) in [6, 6.07) is 8.51. The van der Waals surface area contributed by atoms with Crippen LogP contribution in [0.2, 0.25) is 5.02 Å². The molecule has 10 heteroatoms. The molecule has 0 amide bonds. The van der Waals surface area contributed by atoms with Crippen LogP contribution in [0.1, 0.15) is 30.0 Å². The van der Waals surface area contributed by atoms with Crippen molar-refractivity contribution < 1.29 is 13.9 Å². The van der Waals surface area contributed by atoms with E-state index in [4.69, 9.17) is 20.8 Å². The molecule has 3 rings (SSSR count). The van der Waals surface area contributed by atoms with E-state index in [-0.39, 0.29) is 17.6 Å². The zero-order valence-corrected chi connectivity index (χ0v) is 14.7. The number of nitrogens with zero attached hydrogens (tertiary/aromatic N) is 4. The van der Waals surface area contributed by atoms with Crippen molar-refractivity contribution in [2.75, 3.05) is 5.43 Å². The second-order valence-electron chi connectivity index (χ2n) is 5.46. The number of carbonyl (C=O) groups excluding carboxylic acids is 1. The van der Waals surface area contributed by atoms with Crippen molar-refractivity contribution in [1.29, 1.82) is 0 Å². The largest absolute Gasteiger partial charge is 0.459 e. The lowest BCUT2D eigenvalue weighted by Crippen LogP contribution is -2.12. The number of ether oxygens (including phenoxy) is 1. The smallest absolute Gasteiger partial charge is 0.339 e. The SMILES string of the molecule is CC(C)OC(=O)c1cc(-c2ccc(/C=N\Nc3nn[nH]n3)o2)ccc1Cl. The van der Waals surface area contributed by atoms with Gasteiger partial charge in [-0.25, -0.2) is 10.2 Å². The summed E-state index contributed by atoms with van der Waals surface area (Å²) < 4.78 is 10.9. The Morgan fingerprint density at radius 3 is 2.96 bits per heavy atom. The van der Waals surface area contributed by atoms with Crippen LogP contribution in [0, 0.1) is 0 Å². The van der Waals surface area contributed by atoms with Gasteiger partial charge in [-0.15, -0.1) is 5.10 Å². The predicted octanol–water partition coefficient (Wildman–Crippen LogP) is 3.12. The van der Waals surface area contributed by atoms with Crippen molar-refractivity contribution >= 4 is 29.7 Å². The maximum atomic E-state index is 12.1. The highest BCUT2D eigenvalue weighted by Gasteiger charge is 2.15. The van der Waals surface area contributed by atoms with Crippen molar-refractivity contribution in [2.45, 2.75) is 20.0 Å². The normalized spacial score (nSPS) is 11.2. The third-order valence-electron chi connectivity index (χ3n) is 3.14. The molecule has 0 aliphatic rings. The molecule has 0 radical (unpaired) electrons. The Balaban J connectivity index is 1.76. The highest BCUT2D eigenvalue weighted by molar-refractivity contribution is 6.33. The Labute approximate surface area is 153 Å². The van der Waals surface area contributed by atoms with Crippen molar-refractivity contribution in [2.24, 2.45) is 5.10 Å². The lowest BCUT2D eigenvalue weighted by Gasteiger charge is -2.09. The molecule has 3 aromatic rings. The minimum absolute atomic E-state index is 0.235. The number of aromatic nitrogens is 4. The lowest BCUT2D eigenvalue weighted by molar-refractivity contribution is 0.0378. The highest BCUT2D eigenvalue weighted by Crippen LogP contribution is 2.27. The number of H-pyrrole nitrogens is 1. The first-order chi connectivity index (χ1) is 12.5. The van der Waals surface area contributed by atoms with Gasteiger partial charge in [0.15, 0.2) is 0 Å². The second kappa shape index (κ2) is 7.79. The maximum Gasteiger partial charge on any atom is 0.339 e. The first-order valence-electron chi connectivity index (χ1n) is 7.66. The molecule has 0 bridgehead atoms. The van der Waals surface area contributed by atoms with Crippen LogP contribution in [0.5, 0.6) is 0 Å². The zero-order valence-electron chi connectivity index (χ0n) is 13.9. The molecular formula is C16H15ClN6O3. The van der Waals surface area contributed by atoms with Crippen LogP contribution in [0.4, 0.5) is 5.95 Å². The van der Waals surface area contributed by atoms with E-state index in [2.05, 4.69) is 31.2 Å². The number of hydrogen-bond acceptors (Lipinski definition) is 8. The summed E-state index contributed by atoms with van der Waals surface area (Å²) in [5, 5.41) is 17.3. The van der Waals surface area contributed by atoms with Gasteiger partial charge in [-0.3, -0.25) is 0 Å². The van der Waals surface area contributed by atoms with Crippen LogP contribution >= 0.6 is 11.6 Å². The molecule has 26 heavy (non-hydrogen) atoms. The quantitative estimate of drug-likeness (QED) is 0.386. The fraction of sp³-hybridized carbons (Fsp3) is 0.188. The van der Waals surface area contributed by atoms with Crippen LogP contribution < -0.4 is 5.43 Å². The number of carbonyl (C=O) groups is 1. The molecule has 2 N–H and O–H groups in total. The van der Waals surface area contributed by atoms with Crippen molar-refractivity contribution in [1.82, 2.24) is 20.6 Å². The number of benzene rings is 1. The Morgan fingerprint density at radius 1 is 1.38 bits per heavy atom. The van der Waals surface area contributed by atoms with E-state index >= 15 is 0 Å². The summed E-state index contributed by atoms with van der Waals surface area (Å²) in [4.78, 5) is 12.1. The van der Waals surface area contributed by atoms with Gasteiger partial charge >= 0.3 is 5.97 Å². The molecule has 0 saturated carbocycles. The van der Waals surface area contributed by atoms with Crippen LogP contribution in [0.25, 0.3) is 11.3 Å². The Kier molecular flexibility index (Phi) is 5.28. The first-order valence-corrected chi connectivity index (χ1v) is 8.04. The molecule has 0 atom stereocenters. The van der Waals surface area contributed by atoms with Gasteiger partial charge in [0.05, 0.1) is 22.9 Å². The molecule has 9 nitrogen and oxygen atoms in total. The molecule has 2 heterocycles. The molecule has 0 fully saturated rings. The maximum absolute atomic E-state index is 12.1. The van der Waals surface area contributed by atoms with E-state index < -0.39 is 5.97 Å². The zero-order chi connectivity index (χ0) is 18.5. The molecule has 134 valence electrons. The first kappa shape index (κ1) is 17.6. The number of furan rings is 1. The number of esters is 1. The highest BCUT2D eigenvalue weighted by atomic mass is 35.5. The minimum Gasteiger partial charge on any atom is -0.459 e. The van der Waals surface area contributed by atoms with Crippen molar-refractivity contribution in [3.8, 4) is 11.3 Å². The molecule has 1 aromatic carbocycles. The van der Waals surface area contributed by atoms with Crippen molar-refractivity contribution in [3.63, 3.8) is 0 Å². The number of hydrogen-bond donors (Lipinski definition) is 2. The van der Waals surface area contributed by atoms with Gasteiger partial charge in [-0.2, -0.15) is 10.3 Å². The number of nitrogens with one attached hydrogen (secondary N) is 2. The van der Waals surface area contributed by atoms with E-state index in [0.717, 1.165) is 0 Å². The van der Waals surface area contributed by atoms with Gasteiger partial charge in [0.2, 0.25) is 0 Å². The fourth-order valence-corrected chi connectivity index (χ4v) is 2.25. The van der Waals surface area contributed by atoms with E-state index in [0.29, 0.717) is 22.1 Å². The van der Waals surface area contributed by atoms with Crippen molar-refractivity contribution in [3.05, 3.63) is 46.7 Å². The number of tetrazole rings is 1. The third-order valence-corrected chi connectivity index (χ3v) is 3.47. The van der Waals surface area contributed by atoms with E-state index in [1.54, 1.807) is 44.2 Å². The summed E-state index contributed by atoms with van der Waals surface area (Å²) in [6.07, 6.45) is 1.23. The molecule has 0 aliphatic carbocycles. The predicted molar refractivity (Wildman–Crippen MR) is 95.1 cm³/mol. The van der Waals surface area contributed by atoms with Gasteiger partial charge in [0.1, 0.15) is 11.5 Å². The summed E-state index contributed by atoms with van der Waals surface area (Å²) in [7, 11) is 0. The van der Waals surface area contributed by atoms with E-state index in [1.165, 1.54) is 6.21 Å². The van der Waals surface area contributed by atoms with E-state index in [9.17, 15) is 4.79 Å². The summed E-state index contributed by atoms with van der Waals surface area (Å²) >= 11 is 6.10. The Morgan fingerprint density at radius 2 is 2.23 bits per heavy atom. The molecule has 0 saturated heterocycles. The third kappa shape index (κ3) is 4.25.